The zero-order valence-electron chi connectivity index (χ0n) is 12.6. The molecule has 21 heavy (non-hydrogen) atoms. The molecule has 1 aromatic carbocycles. The van der Waals surface area contributed by atoms with Crippen molar-refractivity contribution >= 4 is 5.84 Å². The molecule has 1 unspecified atom stereocenters. The van der Waals surface area contributed by atoms with Crippen LogP contribution in [0.4, 0.5) is 4.39 Å². The Balaban J connectivity index is 2.16. The smallest absolute Gasteiger partial charge is 0.170 e. The predicted molar refractivity (Wildman–Crippen MR) is 80.9 cm³/mol. The molecule has 5 nitrogen and oxygen atoms in total. The first-order valence-corrected chi connectivity index (χ1v) is 7.24. The molecule has 0 radical (unpaired) electrons. The van der Waals surface area contributed by atoms with E-state index in [1.54, 1.807) is 6.07 Å². The number of hydrogen-bond acceptors (Lipinski definition) is 4. The Labute approximate surface area is 124 Å². The van der Waals surface area contributed by atoms with Gasteiger partial charge in [0.1, 0.15) is 5.82 Å². The molecule has 0 saturated carbocycles. The maximum absolute atomic E-state index is 13.4. The van der Waals surface area contributed by atoms with Gasteiger partial charge in [0, 0.05) is 37.8 Å². The van der Waals surface area contributed by atoms with Gasteiger partial charge < -0.3 is 15.8 Å². The van der Waals surface area contributed by atoms with Crippen LogP contribution in [0, 0.1) is 5.82 Å². The fourth-order valence-corrected chi connectivity index (χ4v) is 2.81. The van der Waals surface area contributed by atoms with Gasteiger partial charge in [0.25, 0.3) is 0 Å². The highest BCUT2D eigenvalue weighted by atomic mass is 19.1. The number of amidine groups is 1. The fraction of sp³-hybridized carbons (Fsp3) is 0.533. The van der Waals surface area contributed by atoms with E-state index < -0.39 is 0 Å². The van der Waals surface area contributed by atoms with Gasteiger partial charge in [-0.3, -0.25) is 4.90 Å². The molecular weight excluding hydrogens is 271 g/mol. The summed E-state index contributed by atoms with van der Waals surface area (Å²) in [6.07, 6.45) is 1.10. The zero-order valence-corrected chi connectivity index (χ0v) is 12.6. The standard InChI is InChI=1S/C15H23FN4O/c1-3-13-10-20(7-6-19(13)2)9-11-4-5-12(16)8-14(11)15(17)18-21/h4-5,8,13,21H,3,6-7,9-10H2,1-2H3,(H2,17,18). The molecule has 1 fully saturated rings. The molecule has 3 N–H and O–H groups in total. The number of nitrogens with zero attached hydrogens (tertiary/aromatic N) is 3. The number of piperazine rings is 1. The zero-order chi connectivity index (χ0) is 15.4. The average molecular weight is 294 g/mol. The van der Waals surface area contributed by atoms with Gasteiger partial charge in [-0.25, -0.2) is 4.39 Å². The van der Waals surface area contributed by atoms with E-state index in [9.17, 15) is 4.39 Å². The summed E-state index contributed by atoms with van der Waals surface area (Å²) in [7, 11) is 2.14. The lowest BCUT2D eigenvalue weighted by Crippen LogP contribution is -2.50. The highest BCUT2D eigenvalue weighted by Crippen LogP contribution is 2.17. The van der Waals surface area contributed by atoms with E-state index in [1.807, 2.05) is 0 Å². The molecule has 1 atom stereocenters. The summed E-state index contributed by atoms with van der Waals surface area (Å²) in [5.74, 6) is -0.434. The summed E-state index contributed by atoms with van der Waals surface area (Å²) in [4.78, 5) is 4.70. The maximum atomic E-state index is 13.4. The molecular formula is C15H23FN4O. The molecule has 1 saturated heterocycles. The molecule has 116 valence electrons. The van der Waals surface area contributed by atoms with Gasteiger partial charge in [-0.2, -0.15) is 0 Å². The molecule has 0 bridgehead atoms. The van der Waals surface area contributed by atoms with Crippen LogP contribution in [0.2, 0.25) is 0 Å². The van der Waals surface area contributed by atoms with Crippen LogP contribution in [0.3, 0.4) is 0 Å². The monoisotopic (exact) mass is 294 g/mol. The second kappa shape index (κ2) is 6.87. The minimum Gasteiger partial charge on any atom is -0.409 e. The van der Waals surface area contributed by atoms with E-state index in [-0.39, 0.29) is 11.7 Å². The van der Waals surface area contributed by atoms with Crippen LogP contribution < -0.4 is 5.73 Å². The van der Waals surface area contributed by atoms with Gasteiger partial charge in [0.2, 0.25) is 0 Å². The Kier molecular flexibility index (Phi) is 5.14. The number of likely N-dealkylation sites (N-methyl/N-ethyl adjacent to an activating group) is 1. The predicted octanol–water partition coefficient (Wildman–Crippen LogP) is 1.45. The van der Waals surface area contributed by atoms with E-state index in [1.165, 1.54) is 12.1 Å². The maximum Gasteiger partial charge on any atom is 0.170 e. The van der Waals surface area contributed by atoms with Crippen LogP contribution in [0.5, 0.6) is 0 Å². The van der Waals surface area contributed by atoms with Gasteiger partial charge in [-0.1, -0.05) is 18.1 Å². The SMILES string of the molecule is CCC1CN(Cc2ccc(F)cc2C(N)=NO)CCN1C. The third-order valence-electron chi connectivity index (χ3n) is 4.18. The van der Waals surface area contributed by atoms with Crippen LogP contribution >= 0.6 is 0 Å². The van der Waals surface area contributed by atoms with E-state index >= 15 is 0 Å². The van der Waals surface area contributed by atoms with Gasteiger partial charge in [0.15, 0.2) is 5.84 Å². The van der Waals surface area contributed by atoms with Crippen molar-refractivity contribution in [3.63, 3.8) is 0 Å². The minimum atomic E-state index is -0.384. The van der Waals surface area contributed by atoms with Crippen LogP contribution in [0.1, 0.15) is 24.5 Å². The molecule has 0 spiro atoms. The Bertz CT molecular complexity index is 520. The van der Waals surface area contributed by atoms with E-state index in [0.29, 0.717) is 18.2 Å². The van der Waals surface area contributed by atoms with Crippen molar-refractivity contribution < 1.29 is 9.60 Å². The largest absolute Gasteiger partial charge is 0.409 e. The second-order valence-electron chi connectivity index (χ2n) is 5.56. The van der Waals surface area contributed by atoms with Crippen LogP contribution in [0.15, 0.2) is 23.4 Å². The Morgan fingerprint density at radius 3 is 2.90 bits per heavy atom. The summed E-state index contributed by atoms with van der Waals surface area (Å²) in [5, 5.41) is 11.8. The normalized spacial score (nSPS) is 21.7. The number of benzene rings is 1. The summed E-state index contributed by atoms with van der Waals surface area (Å²) in [6, 6.07) is 4.97. The molecule has 0 amide bonds. The number of hydrogen-bond donors (Lipinski definition) is 2. The number of halogens is 1. The van der Waals surface area contributed by atoms with Crippen LogP contribution in [-0.2, 0) is 6.54 Å². The molecule has 0 aromatic heterocycles. The highest BCUT2D eigenvalue weighted by Gasteiger charge is 2.23. The van der Waals surface area contributed by atoms with Crippen molar-refractivity contribution in [2.45, 2.75) is 25.9 Å². The lowest BCUT2D eigenvalue weighted by molar-refractivity contribution is 0.0883. The topological polar surface area (TPSA) is 65.1 Å². The molecule has 6 heteroatoms. The van der Waals surface area contributed by atoms with Crippen molar-refractivity contribution in [3.8, 4) is 0 Å². The van der Waals surface area contributed by atoms with Crippen molar-refractivity contribution in [1.29, 1.82) is 0 Å². The lowest BCUT2D eigenvalue weighted by atomic mass is 10.0. The molecule has 1 aliphatic heterocycles. The third kappa shape index (κ3) is 3.71. The number of nitrogens with two attached hydrogens (primary N) is 1. The molecule has 2 rings (SSSR count). The van der Waals surface area contributed by atoms with Crippen LogP contribution in [-0.4, -0.2) is 53.6 Å². The van der Waals surface area contributed by atoms with Crippen LogP contribution in [0.25, 0.3) is 0 Å². The quantitative estimate of drug-likeness (QED) is 0.382. The van der Waals surface area contributed by atoms with E-state index in [2.05, 4.69) is 28.9 Å². The Hall–Kier alpha value is -1.66. The van der Waals surface area contributed by atoms with Crippen molar-refractivity contribution in [3.05, 3.63) is 35.1 Å². The van der Waals surface area contributed by atoms with Crippen molar-refractivity contribution in [2.24, 2.45) is 10.9 Å². The number of rotatable bonds is 4. The van der Waals surface area contributed by atoms with Gasteiger partial charge in [-0.05, 0) is 31.2 Å². The van der Waals surface area contributed by atoms with Crippen molar-refractivity contribution in [1.82, 2.24) is 9.80 Å². The van der Waals surface area contributed by atoms with Gasteiger partial charge >= 0.3 is 0 Å². The van der Waals surface area contributed by atoms with E-state index in [4.69, 9.17) is 10.9 Å². The van der Waals surface area contributed by atoms with Crippen molar-refractivity contribution in [2.75, 3.05) is 26.7 Å². The molecule has 1 aliphatic rings. The van der Waals surface area contributed by atoms with E-state index in [0.717, 1.165) is 31.6 Å². The molecule has 0 aliphatic carbocycles. The first-order chi connectivity index (χ1) is 10.0. The third-order valence-corrected chi connectivity index (χ3v) is 4.18. The first kappa shape index (κ1) is 15.7. The van der Waals surface area contributed by atoms with Gasteiger partial charge in [-0.15, -0.1) is 0 Å². The first-order valence-electron chi connectivity index (χ1n) is 7.24. The minimum absolute atomic E-state index is 0.0503. The van der Waals surface area contributed by atoms with Gasteiger partial charge in [0.05, 0.1) is 0 Å². The average Bonchev–Trinajstić information content (AvgIpc) is 2.50. The summed E-state index contributed by atoms with van der Waals surface area (Å²) < 4.78 is 13.4. The summed E-state index contributed by atoms with van der Waals surface area (Å²) >= 11 is 0. The molecule has 1 heterocycles. The number of oxime groups is 1. The molecule has 1 aromatic rings. The lowest BCUT2D eigenvalue weighted by Gasteiger charge is -2.39. The highest BCUT2D eigenvalue weighted by molar-refractivity contribution is 5.98. The Morgan fingerprint density at radius 2 is 2.24 bits per heavy atom. The summed E-state index contributed by atoms with van der Waals surface area (Å²) in [5.41, 5.74) is 6.99. The second-order valence-corrected chi connectivity index (χ2v) is 5.56. The summed E-state index contributed by atoms with van der Waals surface area (Å²) in [6.45, 7) is 5.80. The fourth-order valence-electron chi connectivity index (χ4n) is 2.81. The Morgan fingerprint density at radius 1 is 1.48 bits per heavy atom.